The first-order chi connectivity index (χ1) is 8.80. The summed E-state index contributed by atoms with van der Waals surface area (Å²) < 4.78 is 5.71. The van der Waals surface area contributed by atoms with Crippen LogP contribution >= 0.6 is 0 Å². The molecule has 1 aromatic carbocycles. The summed E-state index contributed by atoms with van der Waals surface area (Å²) in [6, 6.07) is 9.59. The van der Waals surface area contributed by atoms with Crippen LogP contribution in [0.15, 0.2) is 70.4 Å². The summed E-state index contributed by atoms with van der Waals surface area (Å²) in [5, 5.41) is 4.00. The lowest BCUT2D eigenvalue weighted by Gasteiger charge is -2.00. The number of rotatable bonds is 4. The average Bonchev–Trinajstić information content (AvgIpc) is 2.82. The maximum absolute atomic E-state index is 10.8. The summed E-state index contributed by atoms with van der Waals surface area (Å²) in [5.41, 5.74) is 1.77. The molecular weight excluding hydrogens is 226 g/mol. The molecule has 0 atom stereocenters. The molecule has 90 valence electrons. The largest absolute Gasteiger partial charge is 0.456 e. The molecule has 0 spiro atoms. The van der Waals surface area contributed by atoms with E-state index in [9.17, 15) is 4.91 Å². The molecule has 0 bridgehead atoms. The fraction of sp³-hybridized carbons (Fsp3) is 0.0667. The minimum Gasteiger partial charge on any atom is -0.456 e. The van der Waals surface area contributed by atoms with Crippen molar-refractivity contribution in [2.75, 3.05) is 0 Å². The molecule has 1 heterocycles. The fourth-order valence-electron chi connectivity index (χ4n) is 1.81. The van der Waals surface area contributed by atoms with Gasteiger partial charge in [0.2, 0.25) is 0 Å². The van der Waals surface area contributed by atoms with Gasteiger partial charge in [0, 0.05) is 11.0 Å². The molecule has 2 aromatic rings. The topological polar surface area (TPSA) is 42.6 Å². The summed E-state index contributed by atoms with van der Waals surface area (Å²) in [6.07, 6.45) is 4.90. The summed E-state index contributed by atoms with van der Waals surface area (Å²) >= 11 is 0. The number of benzene rings is 1. The van der Waals surface area contributed by atoms with E-state index in [4.69, 9.17) is 4.42 Å². The highest BCUT2D eigenvalue weighted by atomic mass is 16.3. The van der Waals surface area contributed by atoms with Gasteiger partial charge in [0.05, 0.1) is 0 Å². The minimum absolute atomic E-state index is 0.312. The molecule has 0 N–H and O–H groups in total. The van der Waals surface area contributed by atoms with Crippen molar-refractivity contribution in [3.8, 4) is 0 Å². The Labute approximate surface area is 105 Å². The summed E-state index contributed by atoms with van der Waals surface area (Å²) in [6.45, 7) is 5.41. The predicted octanol–water partition coefficient (Wildman–Crippen LogP) is 4.67. The van der Waals surface area contributed by atoms with Crippen molar-refractivity contribution >= 4 is 16.5 Å². The van der Waals surface area contributed by atoms with Crippen LogP contribution in [-0.2, 0) is 0 Å². The summed E-state index contributed by atoms with van der Waals surface area (Å²) in [7, 11) is 0. The Hall–Kier alpha value is -2.42. The molecule has 0 aliphatic carbocycles. The van der Waals surface area contributed by atoms with Gasteiger partial charge in [0.25, 0.3) is 0 Å². The van der Waals surface area contributed by atoms with E-state index in [1.807, 2.05) is 37.3 Å². The summed E-state index contributed by atoms with van der Waals surface area (Å²) in [4.78, 5) is 10.8. The number of hydrogen-bond donors (Lipinski definition) is 0. The second-order valence-electron chi connectivity index (χ2n) is 3.73. The molecular formula is C15H13NO2. The average molecular weight is 239 g/mol. The second-order valence-corrected chi connectivity index (χ2v) is 3.73. The van der Waals surface area contributed by atoms with Crippen molar-refractivity contribution in [1.29, 1.82) is 0 Å². The highest BCUT2D eigenvalue weighted by molar-refractivity contribution is 5.85. The highest BCUT2D eigenvalue weighted by Crippen LogP contribution is 2.29. The van der Waals surface area contributed by atoms with Gasteiger partial charge in [0.1, 0.15) is 17.0 Å². The van der Waals surface area contributed by atoms with Crippen LogP contribution < -0.4 is 0 Å². The van der Waals surface area contributed by atoms with Gasteiger partial charge in [-0.3, -0.25) is 0 Å². The first-order valence-electron chi connectivity index (χ1n) is 5.62. The van der Waals surface area contributed by atoms with Crippen molar-refractivity contribution in [1.82, 2.24) is 0 Å². The Morgan fingerprint density at radius 2 is 2.17 bits per heavy atom. The number of nitrogens with zero attached hydrogens (tertiary/aromatic N) is 1. The monoisotopic (exact) mass is 239 g/mol. The SMILES string of the molecule is C=C/C=C(N=O)\C(=C/C)c1cc2ccccc2o1. The number of para-hydroxylation sites is 1. The second kappa shape index (κ2) is 5.27. The molecule has 2 rings (SSSR count). The molecule has 0 radical (unpaired) electrons. The molecule has 0 saturated carbocycles. The molecule has 18 heavy (non-hydrogen) atoms. The predicted molar refractivity (Wildman–Crippen MR) is 73.9 cm³/mol. The maximum Gasteiger partial charge on any atom is 0.137 e. The van der Waals surface area contributed by atoms with E-state index < -0.39 is 0 Å². The van der Waals surface area contributed by atoms with Crippen molar-refractivity contribution in [2.24, 2.45) is 5.18 Å². The Kier molecular flexibility index (Phi) is 3.53. The normalized spacial score (nSPS) is 12.7. The molecule has 0 aliphatic rings. The van der Waals surface area contributed by atoms with Gasteiger partial charge < -0.3 is 4.42 Å². The number of hydrogen-bond acceptors (Lipinski definition) is 3. The number of allylic oxidation sites excluding steroid dienone is 4. The number of nitroso groups, excluding NO2 is 1. The molecule has 0 aliphatic heterocycles. The van der Waals surface area contributed by atoms with E-state index in [1.165, 1.54) is 6.08 Å². The maximum atomic E-state index is 10.8. The van der Waals surface area contributed by atoms with E-state index in [1.54, 1.807) is 12.2 Å². The van der Waals surface area contributed by atoms with Crippen LogP contribution in [0.2, 0.25) is 0 Å². The lowest BCUT2D eigenvalue weighted by Crippen LogP contribution is -1.84. The standard InChI is InChI=1S/C15H13NO2/c1-3-7-13(16-17)12(4-2)15-10-11-8-5-6-9-14(11)18-15/h3-10H,1H2,2H3/b12-4+,13-7+. The molecule has 0 fully saturated rings. The quantitative estimate of drug-likeness (QED) is 0.574. The molecule has 0 amide bonds. The zero-order valence-corrected chi connectivity index (χ0v) is 10.1. The van der Waals surface area contributed by atoms with Crippen LogP contribution in [0.25, 0.3) is 16.5 Å². The van der Waals surface area contributed by atoms with Crippen LogP contribution in [0.4, 0.5) is 0 Å². The molecule has 3 heteroatoms. The van der Waals surface area contributed by atoms with Gasteiger partial charge in [-0.2, -0.15) is 0 Å². The van der Waals surface area contributed by atoms with Gasteiger partial charge in [-0.05, 0) is 30.3 Å². The Balaban J connectivity index is 2.54. The zero-order valence-electron chi connectivity index (χ0n) is 10.1. The highest BCUT2D eigenvalue weighted by Gasteiger charge is 2.12. The lowest BCUT2D eigenvalue weighted by atomic mass is 10.1. The van der Waals surface area contributed by atoms with Crippen molar-refractivity contribution in [2.45, 2.75) is 6.92 Å². The van der Waals surface area contributed by atoms with Crippen LogP contribution in [0, 0.1) is 4.91 Å². The van der Waals surface area contributed by atoms with Crippen LogP contribution in [0.1, 0.15) is 12.7 Å². The van der Waals surface area contributed by atoms with Crippen LogP contribution in [-0.4, -0.2) is 0 Å². The summed E-state index contributed by atoms with van der Waals surface area (Å²) in [5.74, 6) is 0.631. The minimum atomic E-state index is 0.312. The van der Waals surface area contributed by atoms with E-state index in [2.05, 4.69) is 11.8 Å². The van der Waals surface area contributed by atoms with Gasteiger partial charge in [-0.25, -0.2) is 0 Å². The Morgan fingerprint density at radius 3 is 2.78 bits per heavy atom. The molecule has 0 unspecified atom stereocenters. The Bertz CT molecular complexity index is 614. The third kappa shape index (κ3) is 2.15. The Morgan fingerprint density at radius 1 is 1.39 bits per heavy atom. The first kappa shape index (κ1) is 12.0. The van der Waals surface area contributed by atoms with Gasteiger partial charge in [-0.15, -0.1) is 4.91 Å². The fourth-order valence-corrected chi connectivity index (χ4v) is 1.81. The van der Waals surface area contributed by atoms with E-state index >= 15 is 0 Å². The molecule has 0 saturated heterocycles. The smallest absolute Gasteiger partial charge is 0.137 e. The van der Waals surface area contributed by atoms with Crippen LogP contribution in [0.3, 0.4) is 0 Å². The van der Waals surface area contributed by atoms with Gasteiger partial charge in [-0.1, -0.05) is 36.9 Å². The first-order valence-corrected chi connectivity index (χ1v) is 5.62. The lowest BCUT2D eigenvalue weighted by molar-refractivity contribution is 0.600. The van der Waals surface area contributed by atoms with E-state index in [0.29, 0.717) is 17.0 Å². The van der Waals surface area contributed by atoms with Crippen LogP contribution in [0.5, 0.6) is 0 Å². The molecule has 3 nitrogen and oxygen atoms in total. The van der Waals surface area contributed by atoms with Gasteiger partial charge in [0.15, 0.2) is 0 Å². The van der Waals surface area contributed by atoms with E-state index in [-0.39, 0.29) is 0 Å². The number of furan rings is 1. The third-order valence-electron chi connectivity index (χ3n) is 2.63. The van der Waals surface area contributed by atoms with Crippen molar-refractivity contribution in [3.05, 3.63) is 71.5 Å². The number of fused-ring (bicyclic) bond motifs is 1. The van der Waals surface area contributed by atoms with Crippen molar-refractivity contribution < 1.29 is 4.42 Å². The van der Waals surface area contributed by atoms with Gasteiger partial charge >= 0.3 is 0 Å². The van der Waals surface area contributed by atoms with Crippen molar-refractivity contribution in [3.63, 3.8) is 0 Å². The van der Waals surface area contributed by atoms with E-state index in [0.717, 1.165) is 11.0 Å². The third-order valence-corrected chi connectivity index (χ3v) is 2.63. The molecule has 1 aromatic heterocycles. The zero-order chi connectivity index (χ0) is 13.0.